The lowest BCUT2D eigenvalue weighted by molar-refractivity contribution is -0.148. The maximum Gasteiger partial charge on any atom is 0.324 e. The van der Waals surface area contributed by atoms with Gasteiger partial charge in [-0.05, 0) is 30.4 Å². The number of amides is 1. The summed E-state index contributed by atoms with van der Waals surface area (Å²) in [6.07, 6.45) is -0.0357. The molecule has 0 aliphatic heterocycles. The van der Waals surface area contributed by atoms with E-state index in [2.05, 4.69) is 5.32 Å². The van der Waals surface area contributed by atoms with E-state index < -0.39 is 40.6 Å². The summed E-state index contributed by atoms with van der Waals surface area (Å²) in [4.78, 5) is 35.8. The van der Waals surface area contributed by atoms with Crippen molar-refractivity contribution in [3.8, 4) is 0 Å². The molecule has 0 spiro atoms. The molecule has 7 nitrogen and oxygen atoms in total. The van der Waals surface area contributed by atoms with E-state index in [-0.39, 0.29) is 18.8 Å². The Balaban J connectivity index is 1.89. The third-order valence-corrected chi connectivity index (χ3v) is 5.65. The first-order chi connectivity index (χ1) is 11.2. The summed E-state index contributed by atoms with van der Waals surface area (Å²) in [7, 11) is 0. The van der Waals surface area contributed by atoms with Crippen molar-refractivity contribution in [2.24, 2.45) is 28.9 Å². The predicted molar refractivity (Wildman–Crippen MR) is 85.1 cm³/mol. The van der Waals surface area contributed by atoms with Gasteiger partial charge in [0, 0.05) is 17.5 Å². The molecular formula is C17H20N2O5. The van der Waals surface area contributed by atoms with Gasteiger partial charge in [0.2, 0.25) is 5.91 Å². The standard InChI is InChI=1S/C17H20N2O5/c1-9-7-17(18,15(23)24)16(12(9)13(16)14(21)22)8-11(20)19-10-5-3-2-4-6-10/h2-6,9,12-13H,7-8,18H2,1H3,(H,19,20)(H,21,22)(H,23,24). The lowest BCUT2D eigenvalue weighted by atomic mass is 9.77. The van der Waals surface area contributed by atoms with Crippen LogP contribution in [0.15, 0.2) is 30.3 Å². The zero-order valence-electron chi connectivity index (χ0n) is 13.2. The summed E-state index contributed by atoms with van der Waals surface area (Å²) < 4.78 is 0. The van der Waals surface area contributed by atoms with Crippen molar-refractivity contribution in [1.29, 1.82) is 0 Å². The van der Waals surface area contributed by atoms with Gasteiger partial charge in [-0.1, -0.05) is 25.1 Å². The van der Waals surface area contributed by atoms with Gasteiger partial charge >= 0.3 is 11.9 Å². The molecule has 128 valence electrons. The van der Waals surface area contributed by atoms with Crippen LogP contribution in [0.25, 0.3) is 0 Å². The second-order valence-electron chi connectivity index (χ2n) is 6.93. The predicted octanol–water partition coefficient (Wildman–Crippen LogP) is 1.15. The van der Waals surface area contributed by atoms with Crippen molar-refractivity contribution in [1.82, 2.24) is 0 Å². The molecule has 5 atom stereocenters. The average molecular weight is 332 g/mol. The monoisotopic (exact) mass is 332 g/mol. The fourth-order valence-electron chi connectivity index (χ4n) is 4.74. The Morgan fingerprint density at radius 1 is 1.25 bits per heavy atom. The van der Waals surface area contributed by atoms with Crippen LogP contribution in [0.1, 0.15) is 19.8 Å². The van der Waals surface area contributed by atoms with Crippen molar-refractivity contribution >= 4 is 23.5 Å². The summed E-state index contributed by atoms with van der Waals surface area (Å²) in [6.45, 7) is 1.80. The zero-order chi connectivity index (χ0) is 17.7. The number of fused-ring (bicyclic) bond motifs is 1. The van der Waals surface area contributed by atoms with Gasteiger partial charge in [0.15, 0.2) is 0 Å². The topological polar surface area (TPSA) is 130 Å². The van der Waals surface area contributed by atoms with Crippen LogP contribution < -0.4 is 11.1 Å². The molecule has 1 amide bonds. The maximum atomic E-state index is 12.4. The number of carbonyl (C=O) groups is 3. The van der Waals surface area contributed by atoms with Crippen molar-refractivity contribution in [3.63, 3.8) is 0 Å². The minimum absolute atomic E-state index is 0.156. The van der Waals surface area contributed by atoms with E-state index in [4.69, 9.17) is 5.73 Å². The van der Waals surface area contributed by atoms with Gasteiger partial charge in [0.25, 0.3) is 0 Å². The van der Waals surface area contributed by atoms with E-state index in [1.807, 2.05) is 0 Å². The fourth-order valence-corrected chi connectivity index (χ4v) is 4.74. The van der Waals surface area contributed by atoms with Gasteiger partial charge in [-0.25, -0.2) is 0 Å². The van der Waals surface area contributed by atoms with E-state index in [0.29, 0.717) is 5.69 Å². The molecule has 1 aromatic rings. The van der Waals surface area contributed by atoms with Crippen molar-refractivity contribution in [3.05, 3.63) is 30.3 Å². The number of carbonyl (C=O) groups excluding carboxylic acids is 1. The van der Waals surface area contributed by atoms with Crippen LogP contribution >= 0.6 is 0 Å². The molecule has 0 radical (unpaired) electrons. The van der Waals surface area contributed by atoms with Crippen molar-refractivity contribution < 1.29 is 24.6 Å². The third kappa shape index (κ3) is 2.11. The molecule has 0 saturated heterocycles. The summed E-state index contributed by atoms with van der Waals surface area (Å²) in [5, 5.41) is 21.8. The summed E-state index contributed by atoms with van der Waals surface area (Å²) in [5.41, 5.74) is 3.78. The van der Waals surface area contributed by atoms with Gasteiger partial charge in [-0.3, -0.25) is 14.4 Å². The van der Waals surface area contributed by atoms with E-state index in [0.717, 1.165) is 0 Å². The molecular weight excluding hydrogens is 312 g/mol. The largest absolute Gasteiger partial charge is 0.481 e. The molecule has 0 heterocycles. The molecule has 2 fully saturated rings. The van der Waals surface area contributed by atoms with E-state index in [1.165, 1.54) is 0 Å². The second kappa shape index (κ2) is 5.31. The Kier molecular flexibility index (Phi) is 3.64. The summed E-state index contributed by atoms with van der Waals surface area (Å²) >= 11 is 0. The number of carboxylic acid groups (broad SMARTS) is 2. The van der Waals surface area contributed by atoms with Crippen molar-refractivity contribution in [2.45, 2.75) is 25.3 Å². The highest BCUT2D eigenvalue weighted by atomic mass is 16.4. The zero-order valence-corrected chi connectivity index (χ0v) is 13.2. The van der Waals surface area contributed by atoms with Gasteiger partial charge in [0.1, 0.15) is 5.54 Å². The summed E-state index contributed by atoms with van der Waals surface area (Å²) in [6, 6.07) is 8.74. The second-order valence-corrected chi connectivity index (χ2v) is 6.93. The Morgan fingerprint density at radius 2 is 1.88 bits per heavy atom. The number of aliphatic carboxylic acids is 2. The number of carboxylic acids is 2. The first kappa shape index (κ1) is 16.4. The highest BCUT2D eigenvalue weighted by molar-refractivity contribution is 5.95. The Morgan fingerprint density at radius 3 is 2.38 bits per heavy atom. The van der Waals surface area contributed by atoms with Crippen LogP contribution in [0.2, 0.25) is 0 Å². The minimum Gasteiger partial charge on any atom is -0.481 e. The maximum absolute atomic E-state index is 12.4. The minimum atomic E-state index is -1.70. The number of para-hydroxylation sites is 1. The molecule has 0 aromatic heterocycles. The van der Waals surface area contributed by atoms with Crippen LogP contribution in [0, 0.1) is 23.2 Å². The lowest BCUT2D eigenvalue weighted by Crippen LogP contribution is -2.56. The number of benzene rings is 1. The van der Waals surface area contributed by atoms with Crippen LogP contribution in [-0.4, -0.2) is 33.6 Å². The van der Waals surface area contributed by atoms with Gasteiger partial charge in [-0.15, -0.1) is 0 Å². The Hall–Kier alpha value is -2.41. The molecule has 2 saturated carbocycles. The van der Waals surface area contributed by atoms with E-state index in [9.17, 15) is 24.6 Å². The highest BCUT2D eigenvalue weighted by Gasteiger charge is 2.83. The van der Waals surface area contributed by atoms with E-state index >= 15 is 0 Å². The third-order valence-electron chi connectivity index (χ3n) is 5.65. The average Bonchev–Trinajstić information content (AvgIpc) is 3.12. The molecule has 5 N–H and O–H groups in total. The molecule has 3 rings (SSSR count). The Labute approximate surface area is 138 Å². The SMILES string of the molecule is CC1CC(N)(C(=O)O)C2(CC(=O)Nc3ccccc3)C(C(=O)O)C12. The fraction of sp³-hybridized carbons (Fsp3) is 0.471. The molecule has 1 aromatic carbocycles. The molecule has 24 heavy (non-hydrogen) atoms. The van der Waals surface area contributed by atoms with Crippen molar-refractivity contribution in [2.75, 3.05) is 5.32 Å². The van der Waals surface area contributed by atoms with Crippen LogP contribution in [-0.2, 0) is 14.4 Å². The van der Waals surface area contributed by atoms with Gasteiger partial charge in [0.05, 0.1) is 5.92 Å². The summed E-state index contributed by atoms with van der Waals surface area (Å²) in [5.74, 6) is -4.19. The van der Waals surface area contributed by atoms with E-state index in [1.54, 1.807) is 37.3 Å². The quantitative estimate of drug-likeness (QED) is 0.640. The smallest absolute Gasteiger partial charge is 0.324 e. The number of nitrogens with two attached hydrogens (primary N) is 1. The normalized spacial score (nSPS) is 36.7. The number of nitrogens with one attached hydrogen (secondary N) is 1. The molecule has 2 aliphatic rings. The van der Waals surface area contributed by atoms with Crippen LogP contribution in [0.5, 0.6) is 0 Å². The van der Waals surface area contributed by atoms with Gasteiger partial charge < -0.3 is 21.3 Å². The lowest BCUT2D eigenvalue weighted by Gasteiger charge is -2.31. The number of hydrogen-bond donors (Lipinski definition) is 4. The highest BCUT2D eigenvalue weighted by Crippen LogP contribution is 2.75. The molecule has 2 aliphatic carbocycles. The molecule has 0 bridgehead atoms. The molecule has 5 unspecified atom stereocenters. The Bertz CT molecular complexity index is 706. The number of rotatable bonds is 5. The van der Waals surface area contributed by atoms with Crippen LogP contribution in [0.4, 0.5) is 5.69 Å². The van der Waals surface area contributed by atoms with Gasteiger partial charge in [-0.2, -0.15) is 0 Å². The number of hydrogen-bond acceptors (Lipinski definition) is 4. The molecule has 7 heteroatoms. The number of anilines is 1. The first-order valence-corrected chi connectivity index (χ1v) is 7.84. The van der Waals surface area contributed by atoms with Crippen LogP contribution in [0.3, 0.4) is 0 Å². The first-order valence-electron chi connectivity index (χ1n) is 7.84.